The summed E-state index contributed by atoms with van der Waals surface area (Å²) in [5.41, 5.74) is 1.17. The molecule has 9 heteroatoms. The zero-order valence-corrected chi connectivity index (χ0v) is 20.7. The molecule has 192 valence electrons. The number of hydrogen-bond acceptors (Lipinski definition) is 3. The van der Waals surface area contributed by atoms with Gasteiger partial charge in [-0.1, -0.05) is 48.0 Å². The first-order chi connectivity index (χ1) is 17.7. The fourth-order valence-electron chi connectivity index (χ4n) is 4.82. The topological polar surface area (TPSA) is 43.9 Å². The van der Waals surface area contributed by atoms with Crippen LogP contribution in [0.2, 0.25) is 5.02 Å². The fourth-order valence-corrected chi connectivity index (χ4v) is 5.08. The van der Waals surface area contributed by atoms with Crippen molar-refractivity contribution in [2.45, 2.75) is 12.2 Å². The van der Waals surface area contributed by atoms with E-state index in [9.17, 15) is 22.8 Å². The predicted molar refractivity (Wildman–Crippen MR) is 135 cm³/mol. The van der Waals surface area contributed by atoms with E-state index >= 15 is 0 Å². The molecule has 5 rings (SSSR count). The highest BCUT2D eigenvalue weighted by molar-refractivity contribution is 6.34. The van der Waals surface area contributed by atoms with Crippen LogP contribution in [0.25, 0.3) is 11.1 Å². The van der Waals surface area contributed by atoms with Crippen molar-refractivity contribution in [1.29, 1.82) is 0 Å². The van der Waals surface area contributed by atoms with Crippen LogP contribution in [0.3, 0.4) is 0 Å². The molecule has 0 saturated carbocycles. The monoisotopic (exact) mass is 527 g/mol. The molecular formula is C28H25ClF3N3O2. The van der Waals surface area contributed by atoms with Crippen LogP contribution in [0, 0.1) is 0 Å². The molecule has 0 aromatic heterocycles. The highest BCUT2D eigenvalue weighted by Gasteiger charge is 2.37. The summed E-state index contributed by atoms with van der Waals surface area (Å²) >= 11 is 6.39. The summed E-state index contributed by atoms with van der Waals surface area (Å²) in [6, 6.07) is 19.2. The van der Waals surface area contributed by atoms with Crippen LogP contribution >= 0.6 is 11.6 Å². The molecular weight excluding hydrogens is 503 g/mol. The molecule has 2 aliphatic rings. The van der Waals surface area contributed by atoms with E-state index in [2.05, 4.69) is 4.90 Å². The molecule has 0 radical (unpaired) electrons. The van der Waals surface area contributed by atoms with E-state index in [-0.39, 0.29) is 22.9 Å². The predicted octanol–water partition coefficient (Wildman–Crippen LogP) is 5.31. The van der Waals surface area contributed by atoms with Crippen LogP contribution in [0.4, 0.5) is 13.2 Å². The van der Waals surface area contributed by atoms with E-state index in [1.807, 2.05) is 35.2 Å². The lowest BCUT2D eigenvalue weighted by Crippen LogP contribution is -2.64. The molecule has 2 fully saturated rings. The van der Waals surface area contributed by atoms with E-state index in [1.54, 1.807) is 23.1 Å². The second kappa shape index (κ2) is 10.2. The Balaban J connectivity index is 1.16. The fraction of sp³-hybridized carbons (Fsp3) is 0.286. The number of likely N-dealkylation sites (tertiary alicyclic amines) is 1. The van der Waals surface area contributed by atoms with E-state index < -0.39 is 11.7 Å². The van der Waals surface area contributed by atoms with Gasteiger partial charge in [0.25, 0.3) is 11.8 Å². The Morgan fingerprint density at radius 3 is 2.08 bits per heavy atom. The number of alkyl halides is 3. The molecule has 0 spiro atoms. The van der Waals surface area contributed by atoms with Crippen molar-refractivity contribution in [2.24, 2.45) is 0 Å². The molecule has 37 heavy (non-hydrogen) atoms. The Kier molecular flexibility index (Phi) is 6.96. The van der Waals surface area contributed by atoms with E-state index in [1.165, 1.54) is 12.1 Å². The number of hydrogen-bond donors (Lipinski definition) is 0. The van der Waals surface area contributed by atoms with E-state index in [0.717, 1.165) is 25.2 Å². The van der Waals surface area contributed by atoms with Crippen molar-refractivity contribution in [3.63, 3.8) is 0 Å². The number of carbonyl (C=O) groups is 2. The zero-order chi connectivity index (χ0) is 26.2. The quantitative estimate of drug-likeness (QED) is 0.462. The summed E-state index contributed by atoms with van der Waals surface area (Å²) in [5.74, 6) is -0.163. The summed E-state index contributed by atoms with van der Waals surface area (Å²) in [5, 5.41) is 0.205. The Hall–Kier alpha value is -3.36. The molecule has 2 aliphatic heterocycles. The van der Waals surface area contributed by atoms with Crippen molar-refractivity contribution >= 4 is 23.4 Å². The van der Waals surface area contributed by atoms with Gasteiger partial charge in [-0.15, -0.1) is 0 Å². The highest BCUT2D eigenvalue weighted by Crippen LogP contribution is 2.34. The van der Waals surface area contributed by atoms with Crippen LogP contribution in [0.1, 0.15) is 26.3 Å². The third-order valence-electron chi connectivity index (χ3n) is 7.01. The Bertz CT molecular complexity index is 1300. The minimum Gasteiger partial charge on any atom is -0.336 e. The number of rotatable bonds is 4. The van der Waals surface area contributed by atoms with Crippen LogP contribution in [-0.2, 0) is 6.18 Å². The van der Waals surface area contributed by atoms with Crippen molar-refractivity contribution in [3.05, 3.63) is 94.5 Å². The second-order valence-electron chi connectivity index (χ2n) is 9.33. The lowest BCUT2D eigenvalue weighted by atomic mass is 9.99. The minimum atomic E-state index is -4.44. The largest absolute Gasteiger partial charge is 0.416 e. The molecule has 5 nitrogen and oxygen atoms in total. The van der Waals surface area contributed by atoms with E-state index in [4.69, 9.17) is 11.6 Å². The van der Waals surface area contributed by atoms with Crippen molar-refractivity contribution in [2.75, 3.05) is 39.3 Å². The van der Waals surface area contributed by atoms with Crippen molar-refractivity contribution in [3.8, 4) is 11.1 Å². The maximum atomic E-state index is 13.1. The molecule has 0 aliphatic carbocycles. The van der Waals surface area contributed by atoms with Gasteiger partial charge >= 0.3 is 6.18 Å². The van der Waals surface area contributed by atoms with Gasteiger partial charge in [0.2, 0.25) is 0 Å². The summed E-state index contributed by atoms with van der Waals surface area (Å²) < 4.78 is 39.2. The molecule has 2 amide bonds. The maximum Gasteiger partial charge on any atom is 0.416 e. The smallest absolute Gasteiger partial charge is 0.336 e. The average Bonchev–Trinajstić information content (AvgIpc) is 2.88. The maximum absolute atomic E-state index is 13.1. The van der Waals surface area contributed by atoms with Crippen LogP contribution in [-0.4, -0.2) is 71.8 Å². The van der Waals surface area contributed by atoms with Gasteiger partial charge in [0.15, 0.2) is 0 Å². The Labute approximate surface area is 218 Å². The van der Waals surface area contributed by atoms with Gasteiger partial charge < -0.3 is 9.80 Å². The summed E-state index contributed by atoms with van der Waals surface area (Å²) in [6.07, 6.45) is -4.44. The van der Waals surface area contributed by atoms with E-state index in [0.29, 0.717) is 48.4 Å². The second-order valence-corrected chi connectivity index (χ2v) is 9.74. The Morgan fingerprint density at radius 1 is 0.757 bits per heavy atom. The lowest BCUT2D eigenvalue weighted by Gasteiger charge is -2.48. The Morgan fingerprint density at radius 2 is 1.43 bits per heavy atom. The normalized spacial score (nSPS) is 17.0. The van der Waals surface area contributed by atoms with Gasteiger partial charge in [-0.3, -0.25) is 14.5 Å². The molecule has 2 saturated heterocycles. The van der Waals surface area contributed by atoms with Crippen LogP contribution in [0.5, 0.6) is 0 Å². The SMILES string of the molecule is O=C(c1ccccc1)N1CCN(C2CN(C(=O)c3ccc(-c4cccc(C(F)(F)F)c4)cc3Cl)C2)CC1. The van der Waals surface area contributed by atoms with Gasteiger partial charge in [0.1, 0.15) is 0 Å². The number of carbonyl (C=O) groups excluding carboxylic acids is 2. The average molecular weight is 528 g/mol. The highest BCUT2D eigenvalue weighted by atomic mass is 35.5. The molecule has 0 bridgehead atoms. The molecule has 0 atom stereocenters. The summed E-state index contributed by atoms with van der Waals surface area (Å²) in [4.78, 5) is 31.6. The van der Waals surface area contributed by atoms with Crippen LogP contribution in [0.15, 0.2) is 72.8 Å². The van der Waals surface area contributed by atoms with Gasteiger partial charge in [-0.2, -0.15) is 13.2 Å². The number of halogens is 4. The van der Waals surface area contributed by atoms with Gasteiger partial charge in [-0.25, -0.2) is 0 Å². The molecule has 0 N–H and O–H groups in total. The first kappa shape index (κ1) is 25.3. The molecule has 3 aromatic rings. The third kappa shape index (κ3) is 5.36. The lowest BCUT2D eigenvalue weighted by molar-refractivity contribution is -0.137. The summed E-state index contributed by atoms with van der Waals surface area (Å²) in [6.45, 7) is 3.91. The number of nitrogens with zero attached hydrogens (tertiary/aromatic N) is 3. The van der Waals surface area contributed by atoms with Crippen LogP contribution < -0.4 is 0 Å². The molecule has 0 unspecified atom stereocenters. The van der Waals surface area contributed by atoms with Crippen molar-refractivity contribution < 1.29 is 22.8 Å². The van der Waals surface area contributed by atoms with Gasteiger partial charge in [0.05, 0.1) is 16.1 Å². The first-order valence-electron chi connectivity index (χ1n) is 12.1. The summed E-state index contributed by atoms with van der Waals surface area (Å²) in [7, 11) is 0. The standard InChI is InChI=1S/C28H25ClF3N3O2/c29-25-16-21(20-7-4-8-22(15-20)28(30,31)32)9-10-24(25)27(37)35-17-23(18-35)33-11-13-34(14-12-33)26(36)19-5-2-1-3-6-19/h1-10,15-16,23H,11-14,17-18H2. The minimum absolute atomic E-state index is 0.0360. The van der Waals surface area contributed by atoms with Gasteiger partial charge in [-0.05, 0) is 47.5 Å². The molecule has 2 heterocycles. The third-order valence-corrected chi connectivity index (χ3v) is 7.32. The number of amides is 2. The number of piperazine rings is 1. The first-order valence-corrected chi connectivity index (χ1v) is 12.4. The molecule has 3 aromatic carbocycles. The van der Waals surface area contributed by atoms with Crippen molar-refractivity contribution in [1.82, 2.24) is 14.7 Å². The zero-order valence-electron chi connectivity index (χ0n) is 19.9. The van der Waals surface area contributed by atoms with Gasteiger partial charge in [0, 0.05) is 50.9 Å². The number of benzene rings is 3.